The van der Waals surface area contributed by atoms with Crippen LogP contribution in [0.15, 0.2) is 66.7 Å². The van der Waals surface area contributed by atoms with Crippen molar-refractivity contribution in [3.8, 4) is 22.6 Å². The fourth-order valence-electron chi connectivity index (χ4n) is 4.88. The van der Waals surface area contributed by atoms with Crippen LogP contribution in [0.3, 0.4) is 0 Å². The van der Waals surface area contributed by atoms with E-state index in [1.165, 1.54) is 11.6 Å². The van der Waals surface area contributed by atoms with Crippen molar-refractivity contribution in [2.75, 3.05) is 19.1 Å². The molecule has 0 saturated heterocycles. The maximum absolute atomic E-state index is 11.2. The molecular weight excluding hydrogens is 404 g/mol. The van der Waals surface area contributed by atoms with E-state index in [1.54, 1.807) is 19.2 Å². The second-order valence-corrected chi connectivity index (χ2v) is 8.76. The van der Waals surface area contributed by atoms with Crippen LogP contribution in [-0.2, 0) is 5.41 Å². The van der Waals surface area contributed by atoms with E-state index in [0.29, 0.717) is 11.3 Å². The summed E-state index contributed by atoms with van der Waals surface area (Å²) in [5.74, 6) is 1.47. The van der Waals surface area contributed by atoms with E-state index in [-0.39, 0.29) is 16.0 Å². The van der Waals surface area contributed by atoms with E-state index in [9.17, 15) is 10.1 Å². The molecule has 0 fully saturated rings. The Morgan fingerprint density at radius 3 is 2.41 bits per heavy atom. The average molecular weight is 428 g/mol. The van der Waals surface area contributed by atoms with E-state index in [1.807, 2.05) is 31.3 Å². The van der Waals surface area contributed by atoms with Crippen LogP contribution in [0.4, 0.5) is 11.4 Å². The topological polar surface area (TPSA) is 64.8 Å². The van der Waals surface area contributed by atoms with E-state index in [2.05, 4.69) is 49.1 Å². The standard InChI is InChI=1S/C26H24N2O4/c1-25(2)22-16-18(17-5-9-21(31-4)10-6-17)7-11-23(22)27(3)26(25)14-13-19-15-20(28(29)30)8-12-24(19)32-26/h5-16H,1-4H3. The summed E-state index contributed by atoms with van der Waals surface area (Å²) in [6, 6.07) is 19.3. The molecule has 3 aromatic rings. The first-order chi connectivity index (χ1) is 15.3. The van der Waals surface area contributed by atoms with Gasteiger partial charge in [-0.2, -0.15) is 0 Å². The molecule has 3 aromatic carbocycles. The first-order valence-corrected chi connectivity index (χ1v) is 10.5. The van der Waals surface area contributed by atoms with Crippen molar-refractivity contribution in [1.82, 2.24) is 0 Å². The maximum atomic E-state index is 11.2. The second kappa shape index (κ2) is 6.85. The predicted molar refractivity (Wildman–Crippen MR) is 125 cm³/mol. The number of benzene rings is 3. The summed E-state index contributed by atoms with van der Waals surface area (Å²) in [4.78, 5) is 12.9. The number of ether oxygens (including phenoxy) is 2. The fraction of sp³-hybridized carbons (Fsp3) is 0.231. The molecule has 0 amide bonds. The largest absolute Gasteiger partial charge is 0.497 e. The van der Waals surface area contributed by atoms with Crippen molar-refractivity contribution in [2.24, 2.45) is 0 Å². The Morgan fingerprint density at radius 2 is 1.72 bits per heavy atom. The first-order valence-electron chi connectivity index (χ1n) is 10.5. The number of rotatable bonds is 3. The smallest absolute Gasteiger partial charge is 0.270 e. The van der Waals surface area contributed by atoms with Gasteiger partial charge in [-0.3, -0.25) is 10.1 Å². The molecule has 6 heteroatoms. The lowest BCUT2D eigenvalue weighted by atomic mass is 9.76. The van der Waals surface area contributed by atoms with Crippen LogP contribution in [-0.4, -0.2) is 24.8 Å². The van der Waals surface area contributed by atoms with Crippen molar-refractivity contribution in [3.63, 3.8) is 0 Å². The Hall–Kier alpha value is -3.80. The molecule has 1 unspecified atom stereocenters. The van der Waals surface area contributed by atoms with Gasteiger partial charge in [-0.15, -0.1) is 0 Å². The van der Waals surface area contributed by atoms with Gasteiger partial charge < -0.3 is 14.4 Å². The van der Waals surface area contributed by atoms with Gasteiger partial charge in [-0.05, 0) is 73.0 Å². The Kier molecular flexibility index (Phi) is 4.31. The lowest BCUT2D eigenvalue weighted by Gasteiger charge is -2.45. The van der Waals surface area contributed by atoms with Crippen LogP contribution in [0.25, 0.3) is 17.2 Å². The molecule has 5 rings (SSSR count). The fourth-order valence-corrected chi connectivity index (χ4v) is 4.88. The highest BCUT2D eigenvalue weighted by Gasteiger charge is 2.57. The zero-order chi connectivity index (χ0) is 22.7. The number of nitro benzene ring substituents is 1. The molecule has 0 N–H and O–H groups in total. The van der Waals surface area contributed by atoms with Crippen LogP contribution >= 0.6 is 0 Å². The third kappa shape index (κ3) is 2.72. The molecule has 0 aliphatic carbocycles. The summed E-state index contributed by atoms with van der Waals surface area (Å²) in [6.45, 7) is 4.35. The van der Waals surface area contributed by atoms with Gasteiger partial charge in [0.1, 0.15) is 11.5 Å². The first kappa shape index (κ1) is 20.1. The van der Waals surface area contributed by atoms with Gasteiger partial charge in [0.2, 0.25) is 5.72 Å². The average Bonchev–Trinajstić information content (AvgIpc) is 2.96. The van der Waals surface area contributed by atoms with Crippen molar-refractivity contribution in [2.45, 2.75) is 25.0 Å². The highest BCUT2D eigenvalue weighted by molar-refractivity contribution is 5.77. The monoisotopic (exact) mass is 428 g/mol. The molecule has 32 heavy (non-hydrogen) atoms. The van der Waals surface area contributed by atoms with E-state index in [4.69, 9.17) is 9.47 Å². The van der Waals surface area contributed by atoms with Gasteiger partial charge in [-0.25, -0.2) is 0 Å². The van der Waals surface area contributed by atoms with Gasteiger partial charge in [0, 0.05) is 30.4 Å². The number of fused-ring (bicyclic) bond motifs is 2. The Morgan fingerprint density at radius 1 is 1.00 bits per heavy atom. The summed E-state index contributed by atoms with van der Waals surface area (Å²) >= 11 is 0. The van der Waals surface area contributed by atoms with Crippen molar-refractivity contribution >= 4 is 17.5 Å². The molecule has 2 heterocycles. The quantitative estimate of drug-likeness (QED) is 0.390. The van der Waals surface area contributed by atoms with Crippen LogP contribution in [0.5, 0.6) is 11.5 Å². The zero-order valence-corrected chi connectivity index (χ0v) is 18.5. The molecule has 2 aliphatic heterocycles. The van der Waals surface area contributed by atoms with Gasteiger partial charge in [0.15, 0.2) is 0 Å². The van der Waals surface area contributed by atoms with E-state index in [0.717, 1.165) is 22.6 Å². The third-order valence-electron chi connectivity index (χ3n) is 6.81. The third-order valence-corrected chi connectivity index (χ3v) is 6.81. The van der Waals surface area contributed by atoms with Crippen molar-refractivity contribution in [1.29, 1.82) is 0 Å². The number of likely N-dealkylation sites (N-methyl/N-ethyl adjacent to an activating group) is 1. The Balaban J connectivity index is 1.57. The molecule has 1 atom stereocenters. The molecule has 1 spiro atoms. The molecule has 0 saturated carbocycles. The SMILES string of the molecule is COc1ccc(-c2ccc3c(c2)C(C)(C)C2(C=Cc4cc([N+](=O)[O-])ccc4O2)N3C)cc1. The number of hydrogen-bond acceptors (Lipinski definition) is 5. The zero-order valence-electron chi connectivity index (χ0n) is 18.5. The molecular formula is C26H24N2O4. The lowest BCUT2D eigenvalue weighted by molar-refractivity contribution is -0.384. The maximum Gasteiger partial charge on any atom is 0.270 e. The second-order valence-electron chi connectivity index (χ2n) is 8.76. The molecule has 6 nitrogen and oxygen atoms in total. The van der Waals surface area contributed by atoms with Crippen LogP contribution < -0.4 is 14.4 Å². The minimum atomic E-state index is -0.739. The summed E-state index contributed by atoms with van der Waals surface area (Å²) in [5, 5.41) is 11.2. The number of non-ortho nitro benzene ring substituents is 1. The normalized spacial score (nSPS) is 19.9. The molecule has 2 aliphatic rings. The molecule has 0 bridgehead atoms. The molecule has 0 aromatic heterocycles. The van der Waals surface area contributed by atoms with Crippen molar-refractivity contribution < 1.29 is 14.4 Å². The van der Waals surface area contributed by atoms with Gasteiger partial charge in [0.05, 0.1) is 17.4 Å². The molecule has 162 valence electrons. The summed E-state index contributed by atoms with van der Waals surface area (Å²) in [6.07, 6.45) is 3.95. The number of anilines is 1. The summed E-state index contributed by atoms with van der Waals surface area (Å²) in [7, 11) is 3.69. The summed E-state index contributed by atoms with van der Waals surface area (Å²) < 4.78 is 11.9. The van der Waals surface area contributed by atoms with E-state index < -0.39 is 5.72 Å². The van der Waals surface area contributed by atoms with E-state index >= 15 is 0 Å². The number of nitro groups is 1. The van der Waals surface area contributed by atoms with Crippen LogP contribution in [0, 0.1) is 10.1 Å². The molecule has 0 radical (unpaired) electrons. The number of hydrogen-bond donors (Lipinski definition) is 0. The number of methoxy groups -OCH3 is 1. The van der Waals surface area contributed by atoms with Gasteiger partial charge in [-0.1, -0.05) is 18.2 Å². The minimum absolute atomic E-state index is 0.0550. The minimum Gasteiger partial charge on any atom is -0.497 e. The Bertz CT molecular complexity index is 1260. The number of nitrogens with zero attached hydrogens (tertiary/aromatic N) is 2. The highest BCUT2D eigenvalue weighted by Crippen LogP contribution is 2.55. The van der Waals surface area contributed by atoms with Crippen molar-refractivity contribution in [3.05, 3.63) is 88.0 Å². The van der Waals surface area contributed by atoms with Gasteiger partial charge >= 0.3 is 0 Å². The van der Waals surface area contributed by atoms with Gasteiger partial charge in [0.25, 0.3) is 5.69 Å². The Labute approximate surface area is 186 Å². The van der Waals surface area contributed by atoms with Crippen LogP contribution in [0.2, 0.25) is 0 Å². The highest BCUT2D eigenvalue weighted by atomic mass is 16.6. The predicted octanol–water partition coefficient (Wildman–Crippen LogP) is 5.80. The lowest BCUT2D eigenvalue weighted by Crippen LogP contribution is -2.58. The summed E-state index contributed by atoms with van der Waals surface area (Å²) in [5.41, 5.74) is 4.17. The van der Waals surface area contributed by atoms with Crippen LogP contribution in [0.1, 0.15) is 25.0 Å².